The average Bonchev–Trinajstić information content (AvgIpc) is 3.04. The highest BCUT2D eigenvalue weighted by Gasteiger charge is 2.13. The van der Waals surface area contributed by atoms with Gasteiger partial charge in [-0.25, -0.2) is 0 Å². The Bertz CT molecular complexity index is 512. The maximum atomic E-state index is 5.54. The van der Waals surface area contributed by atoms with Crippen LogP contribution >= 0.6 is 24.0 Å². The number of ether oxygens (including phenoxy) is 3. The number of guanidine groups is 1. The number of halogens is 1. The van der Waals surface area contributed by atoms with Gasteiger partial charge in [-0.3, -0.25) is 4.99 Å². The molecule has 0 saturated carbocycles. The number of unbranched alkanes of at least 4 members (excludes halogenated alkanes) is 1. The van der Waals surface area contributed by atoms with Crippen molar-refractivity contribution in [3.63, 3.8) is 0 Å². The third-order valence-corrected chi connectivity index (χ3v) is 3.52. The molecule has 1 aliphatic heterocycles. The lowest BCUT2D eigenvalue weighted by Gasteiger charge is -2.12. The Balaban J connectivity index is 0.00000288. The van der Waals surface area contributed by atoms with Crippen LogP contribution in [0.4, 0.5) is 0 Å². The SMILES string of the molecule is CCCCOCCCNC(=NC)NCc1ccc2c(c1)OCO2.I. The summed E-state index contributed by atoms with van der Waals surface area (Å²) in [5.74, 6) is 2.40. The van der Waals surface area contributed by atoms with Crippen molar-refractivity contribution in [1.82, 2.24) is 10.6 Å². The molecule has 6 nitrogen and oxygen atoms in total. The first-order valence-corrected chi connectivity index (χ1v) is 8.24. The Morgan fingerprint density at radius 1 is 1.17 bits per heavy atom. The van der Waals surface area contributed by atoms with Crippen molar-refractivity contribution in [2.75, 3.05) is 33.6 Å². The zero-order chi connectivity index (χ0) is 16.3. The van der Waals surface area contributed by atoms with Crippen LogP contribution in [0.2, 0.25) is 0 Å². The molecule has 2 N–H and O–H groups in total. The average molecular weight is 449 g/mol. The molecule has 0 bridgehead atoms. The maximum absolute atomic E-state index is 5.54. The van der Waals surface area contributed by atoms with Gasteiger partial charge in [0.25, 0.3) is 0 Å². The van der Waals surface area contributed by atoms with Crippen LogP contribution in [0.3, 0.4) is 0 Å². The molecule has 7 heteroatoms. The number of nitrogens with one attached hydrogen (secondary N) is 2. The second kappa shape index (κ2) is 12.2. The molecular formula is C17H28IN3O3. The Morgan fingerprint density at radius 2 is 1.96 bits per heavy atom. The summed E-state index contributed by atoms with van der Waals surface area (Å²) in [4.78, 5) is 4.22. The monoisotopic (exact) mass is 449 g/mol. The molecule has 0 fully saturated rings. The quantitative estimate of drug-likeness (QED) is 0.263. The summed E-state index contributed by atoms with van der Waals surface area (Å²) in [7, 11) is 1.77. The fourth-order valence-corrected chi connectivity index (χ4v) is 2.19. The molecule has 24 heavy (non-hydrogen) atoms. The summed E-state index contributed by atoms with van der Waals surface area (Å²) in [6, 6.07) is 5.95. The largest absolute Gasteiger partial charge is 0.454 e. The van der Waals surface area contributed by atoms with Crippen LogP contribution in [-0.4, -0.2) is 39.6 Å². The van der Waals surface area contributed by atoms with Crippen LogP contribution in [-0.2, 0) is 11.3 Å². The molecule has 0 aliphatic carbocycles. The molecule has 136 valence electrons. The molecule has 0 saturated heterocycles. The number of fused-ring (bicyclic) bond motifs is 1. The first-order chi connectivity index (χ1) is 11.3. The van der Waals surface area contributed by atoms with Gasteiger partial charge in [-0.1, -0.05) is 19.4 Å². The van der Waals surface area contributed by atoms with Gasteiger partial charge in [-0.2, -0.15) is 0 Å². The Morgan fingerprint density at radius 3 is 2.75 bits per heavy atom. The highest BCUT2D eigenvalue weighted by molar-refractivity contribution is 14.0. The molecule has 0 radical (unpaired) electrons. The molecule has 2 rings (SSSR count). The zero-order valence-electron chi connectivity index (χ0n) is 14.5. The van der Waals surface area contributed by atoms with Gasteiger partial charge in [-0.05, 0) is 30.5 Å². The number of rotatable bonds is 9. The van der Waals surface area contributed by atoms with Crippen LogP contribution < -0.4 is 20.1 Å². The number of nitrogens with zero attached hydrogens (tertiary/aromatic N) is 1. The minimum atomic E-state index is 0. The normalized spacial score (nSPS) is 12.7. The summed E-state index contributed by atoms with van der Waals surface area (Å²) in [6.07, 6.45) is 3.27. The van der Waals surface area contributed by atoms with E-state index in [4.69, 9.17) is 14.2 Å². The Labute approximate surface area is 161 Å². The third kappa shape index (κ3) is 7.12. The van der Waals surface area contributed by atoms with Gasteiger partial charge in [0, 0.05) is 33.4 Å². The Kier molecular flexibility index (Phi) is 10.6. The molecule has 0 unspecified atom stereocenters. The molecule has 0 aromatic heterocycles. The summed E-state index contributed by atoms with van der Waals surface area (Å²) >= 11 is 0. The fourth-order valence-electron chi connectivity index (χ4n) is 2.19. The van der Waals surface area contributed by atoms with E-state index in [-0.39, 0.29) is 24.0 Å². The maximum Gasteiger partial charge on any atom is 0.231 e. The lowest BCUT2D eigenvalue weighted by atomic mass is 10.2. The lowest BCUT2D eigenvalue weighted by Crippen LogP contribution is -2.37. The van der Waals surface area contributed by atoms with Gasteiger partial charge in [0.2, 0.25) is 6.79 Å². The van der Waals surface area contributed by atoms with Crippen molar-refractivity contribution >= 4 is 29.9 Å². The molecule has 1 heterocycles. The standard InChI is InChI=1S/C17H27N3O3.HI/c1-3-4-9-21-10-5-8-19-17(18-2)20-12-14-6-7-15-16(11-14)23-13-22-15;/h6-7,11H,3-5,8-10,12-13H2,1-2H3,(H2,18,19,20);1H. The highest BCUT2D eigenvalue weighted by Crippen LogP contribution is 2.32. The molecule has 1 aromatic rings. The van der Waals surface area contributed by atoms with Crippen LogP contribution in [0.1, 0.15) is 31.7 Å². The van der Waals surface area contributed by atoms with E-state index in [0.717, 1.165) is 55.6 Å². The van der Waals surface area contributed by atoms with E-state index in [1.54, 1.807) is 7.05 Å². The second-order valence-electron chi connectivity index (χ2n) is 5.36. The molecule has 1 aromatic carbocycles. The summed E-state index contributed by atoms with van der Waals surface area (Å²) in [5, 5.41) is 6.58. The van der Waals surface area contributed by atoms with Crippen LogP contribution in [0.25, 0.3) is 0 Å². The lowest BCUT2D eigenvalue weighted by molar-refractivity contribution is 0.129. The van der Waals surface area contributed by atoms with Gasteiger partial charge < -0.3 is 24.8 Å². The van der Waals surface area contributed by atoms with Crippen molar-refractivity contribution < 1.29 is 14.2 Å². The summed E-state index contributed by atoms with van der Waals surface area (Å²) in [6.45, 7) is 5.63. The minimum absolute atomic E-state index is 0. The number of hydrogen-bond acceptors (Lipinski definition) is 4. The van der Waals surface area contributed by atoms with Crippen molar-refractivity contribution in [2.45, 2.75) is 32.7 Å². The topological polar surface area (TPSA) is 64.1 Å². The van der Waals surface area contributed by atoms with E-state index in [2.05, 4.69) is 22.5 Å². The van der Waals surface area contributed by atoms with Gasteiger partial charge in [0.1, 0.15) is 0 Å². The minimum Gasteiger partial charge on any atom is -0.454 e. The van der Waals surface area contributed by atoms with Crippen LogP contribution in [0.15, 0.2) is 23.2 Å². The smallest absolute Gasteiger partial charge is 0.231 e. The van der Waals surface area contributed by atoms with Crippen LogP contribution in [0.5, 0.6) is 11.5 Å². The van der Waals surface area contributed by atoms with E-state index >= 15 is 0 Å². The summed E-state index contributed by atoms with van der Waals surface area (Å²) in [5.41, 5.74) is 1.13. The van der Waals surface area contributed by atoms with E-state index < -0.39 is 0 Å². The van der Waals surface area contributed by atoms with Crippen molar-refractivity contribution in [2.24, 2.45) is 4.99 Å². The first kappa shape index (κ1) is 20.8. The Hall–Kier alpha value is -1.22. The first-order valence-electron chi connectivity index (χ1n) is 8.24. The molecule has 1 aliphatic rings. The van der Waals surface area contributed by atoms with Crippen LogP contribution in [0, 0.1) is 0 Å². The summed E-state index contributed by atoms with van der Waals surface area (Å²) < 4.78 is 16.2. The van der Waals surface area contributed by atoms with E-state index in [1.807, 2.05) is 18.2 Å². The molecular weight excluding hydrogens is 421 g/mol. The predicted octanol–water partition coefficient (Wildman–Crippen LogP) is 2.91. The van der Waals surface area contributed by atoms with Gasteiger partial charge in [-0.15, -0.1) is 24.0 Å². The van der Waals surface area contributed by atoms with E-state index in [0.29, 0.717) is 13.3 Å². The predicted molar refractivity (Wildman–Crippen MR) is 107 cm³/mol. The van der Waals surface area contributed by atoms with Crippen molar-refractivity contribution in [3.8, 4) is 11.5 Å². The van der Waals surface area contributed by atoms with Crippen molar-refractivity contribution in [3.05, 3.63) is 23.8 Å². The number of hydrogen-bond donors (Lipinski definition) is 2. The van der Waals surface area contributed by atoms with Gasteiger partial charge in [0.05, 0.1) is 0 Å². The van der Waals surface area contributed by atoms with Gasteiger partial charge in [0.15, 0.2) is 17.5 Å². The molecule has 0 spiro atoms. The zero-order valence-corrected chi connectivity index (χ0v) is 16.8. The molecule has 0 amide bonds. The van der Waals surface area contributed by atoms with Gasteiger partial charge >= 0.3 is 0 Å². The fraction of sp³-hybridized carbons (Fsp3) is 0.588. The number of benzene rings is 1. The molecule has 0 atom stereocenters. The second-order valence-corrected chi connectivity index (χ2v) is 5.36. The number of aliphatic imine (C=N–C) groups is 1. The van der Waals surface area contributed by atoms with Crippen molar-refractivity contribution in [1.29, 1.82) is 0 Å². The highest BCUT2D eigenvalue weighted by atomic mass is 127. The van der Waals surface area contributed by atoms with E-state index in [9.17, 15) is 0 Å². The van der Waals surface area contributed by atoms with E-state index in [1.165, 1.54) is 6.42 Å². The third-order valence-electron chi connectivity index (χ3n) is 3.52.